The van der Waals surface area contributed by atoms with E-state index in [1.54, 1.807) is 19.1 Å². The first-order valence-corrected chi connectivity index (χ1v) is 6.98. The molecule has 1 aromatic carbocycles. The standard InChI is InChI=1S/C14H19N3O4/c1-10(18)9-15-14(19)11-4-5-12(13(8-11)17(20)21)16-6-2-3-7-16/h4-5,8,10,18H,2-3,6-7,9H2,1H3,(H,15,19). The Hall–Kier alpha value is -2.15. The van der Waals surface area contributed by atoms with Crippen LogP contribution in [0.15, 0.2) is 18.2 Å². The van der Waals surface area contributed by atoms with E-state index in [9.17, 15) is 14.9 Å². The van der Waals surface area contributed by atoms with Gasteiger partial charge >= 0.3 is 0 Å². The van der Waals surface area contributed by atoms with Gasteiger partial charge in [-0.1, -0.05) is 0 Å². The molecule has 1 atom stereocenters. The summed E-state index contributed by atoms with van der Waals surface area (Å²) >= 11 is 0. The van der Waals surface area contributed by atoms with Crippen LogP contribution in [0.3, 0.4) is 0 Å². The summed E-state index contributed by atoms with van der Waals surface area (Å²) < 4.78 is 0. The topological polar surface area (TPSA) is 95.7 Å². The van der Waals surface area contributed by atoms with Crippen LogP contribution in [-0.2, 0) is 0 Å². The molecule has 1 heterocycles. The van der Waals surface area contributed by atoms with Gasteiger partial charge in [-0.15, -0.1) is 0 Å². The lowest BCUT2D eigenvalue weighted by Gasteiger charge is -2.17. The average molecular weight is 293 g/mol. The highest BCUT2D eigenvalue weighted by Crippen LogP contribution is 2.31. The summed E-state index contributed by atoms with van der Waals surface area (Å²) in [6.07, 6.45) is 1.38. The largest absolute Gasteiger partial charge is 0.392 e. The van der Waals surface area contributed by atoms with E-state index in [1.807, 2.05) is 4.90 Å². The molecule has 0 saturated carbocycles. The van der Waals surface area contributed by atoms with E-state index in [0.29, 0.717) is 5.69 Å². The first-order chi connectivity index (χ1) is 9.99. The second kappa shape index (κ2) is 6.53. The third-order valence-corrected chi connectivity index (χ3v) is 3.44. The van der Waals surface area contributed by atoms with E-state index in [0.717, 1.165) is 25.9 Å². The number of carbonyl (C=O) groups excluding carboxylic acids is 1. The number of hydrogen-bond acceptors (Lipinski definition) is 5. The molecule has 1 amide bonds. The van der Waals surface area contributed by atoms with Crippen molar-refractivity contribution >= 4 is 17.3 Å². The van der Waals surface area contributed by atoms with Crippen LogP contribution in [0.25, 0.3) is 0 Å². The maximum atomic E-state index is 11.9. The molecular weight excluding hydrogens is 274 g/mol. The first kappa shape index (κ1) is 15.2. The van der Waals surface area contributed by atoms with Crippen LogP contribution in [0.4, 0.5) is 11.4 Å². The van der Waals surface area contributed by atoms with Crippen molar-refractivity contribution in [1.82, 2.24) is 5.32 Å². The molecule has 0 spiro atoms. The van der Waals surface area contributed by atoms with Gasteiger partial charge in [0.25, 0.3) is 11.6 Å². The molecule has 0 aliphatic carbocycles. The van der Waals surface area contributed by atoms with Crippen molar-refractivity contribution in [2.75, 3.05) is 24.5 Å². The molecule has 21 heavy (non-hydrogen) atoms. The summed E-state index contributed by atoms with van der Waals surface area (Å²) in [6.45, 7) is 3.27. The minimum absolute atomic E-state index is 0.0541. The van der Waals surface area contributed by atoms with E-state index in [4.69, 9.17) is 5.11 Å². The van der Waals surface area contributed by atoms with Crippen molar-refractivity contribution < 1.29 is 14.8 Å². The number of hydrogen-bond donors (Lipinski definition) is 2. The van der Waals surface area contributed by atoms with Crippen LogP contribution in [0, 0.1) is 10.1 Å². The summed E-state index contributed by atoms with van der Waals surface area (Å²) in [6, 6.07) is 4.50. The molecule has 1 unspecified atom stereocenters. The summed E-state index contributed by atoms with van der Waals surface area (Å²) in [5.41, 5.74) is 0.733. The quantitative estimate of drug-likeness (QED) is 0.630. The lowest BCUT2D eigenvalue weighted by atomic mass is 10.1. The molecule has 0 aromatic heterocycles. The highest BCUT2D eigenvalue weighted by molar-refractivity contribution is 5.95. The lowest BCUT2D eigenvalue weighted by molar-refractivity contribution is -0.384. The third-order valence-electron chi connectivity index (χ3n) is 3.44. The molecule has 2 N–H and O–H groups in total. The average Bonchev–Trinajstić information content (AvgIpc) is 2.98. The number of anilines is 1. The Bertz CT molecular complexity index is 539. The summed E-state index contributed by atoms with van der Waals surface area (Å²) in [5, 5.41) is 22.9. The maximum absolute atomic E-state index is 11.9. The minimum atomic E-state index is -0.659. The van der Waals surface area contributed by atoms with Crippen molar-refractivity contribution in [2.24, 2.45) is 0 Å². The molecule has 7 heteroatoms. The molecule has 1 saturated heterocycles. The van der Waals surface area contributed by atoms with Crippen molar-refractivity contribution in [1.29, 1.82) is 0 Å². The summed E-state index contributed by atoms with van der Waals surface area (Å²) in [4.78, 5) is 24.6. The highest BCUT2D eigenvalue weighted by Gasteiger charge is 2.23. The number of benzene rings is 1. The molecule has 114 valence electrons. The van der Waals surface area contributed by atoms with Crippen LogP contribution < -0.4 is 10.2 Å². The van der Waals surface area contributed by atoms with Gasteiger partial charge in [0, 0.05) is 31.3 Å². The van der Waals surface area contributed by atoms with E-state index < -0.39 is 16.9 Å². The zero-order valence-electron chi connectivity index (χ0n) is 11.9. The van der Waals surface area contributed by atoms with Crippen molar-refractivity contribution in [3.63, 3.8) is 0 Å². The van der Waals surface area contributed by atoms with Gasteiger partial charge in [0.05, 0.1) is 11.0 Å². The SMILES string of the molecule is CC(O)CNC(=O)c1ccc(N2CCCC2)c([N+](=O)[O-])c1. The van der Waals surface area contributed by atoms with Crippen LogP contribution in [0.1, 0.15) is 30.1 Å². The van der Waals surface area contributed by atoms with Gasteiger partial charge in [-0.3, -0.25) is 14.9 Å². The number of nitro benzene ring substituents is 1. The summed E-state index contributed by atoms with van der Waals surface area (Å²) in [5.74, 6) is -0.424. The highest BCUT2D eigenvalue weighted by atomic mass is 16.6. The molecule has 1 fully saturated rings. The number of carbonyl (C=O) groups is 1. The lowest BCUT2D eigenvalue weighted by Crippen LogP contribution is -2.30. The predicted molar refractivity (Wildman–Crippen MR) is 78.6 cm³/mol. The van der Waals surface area contributed by atoms with Crippen LogP contribution in [-0.4, -0.2) is 41.7 Å². The number of amides is 1. The van der Waals surface area contributed by atoms with Gasteiger partial charge in [0.1, 0.15) is 5.69 Å². The number of nitrogens with one attached hydrogen (secondary N) is 1. The molecule has 7 nitrogen and oxygen atoms in total. The van der Waals surface area contributed by atoms with Gasteiger partial charge in [0.2, 0.25) is 0 Å². The Kier molecular flexibility index (Phi) is 4.74. The van der Waals surface area contributed by atoms with Gasteiger partial charge in [-0.25, -0.2) is 0 Å². The van der Waals surface area contributed by atoms with E-state index in [-0.39, 0.29) is 17.8 Å². The fraction of sp³-hybridized carbons (Fsp3) is 0.500. The van der Waals surface area contributed by atoms with E-state index in [1.165, 1.54) is 6.07 Å². The molecule has 0 bridgehead atoms. The zero-order valence-corrected chi connectivity index (χ0v) is 11.9. The fourth-order valence-corrected chi connectivity index (χ4v) is 2.38. The molecule has 1 aliphatic rings. The number of rotatable bonds is 5. The Morgan fingerprint density at radius 1 is 1.48 bits per heavy atom. The Balaban J connectivity index is 2.23. The van der Waals surface area contributed by atoms with Gasteiger partial charge < -0.3 is 15.3 Å². The van der Waals surface area contributed by atoms with Crippen molar-refractivity contribution in [3.05, 3.63) is 33.9 Å². The van der Waals surface area contributed by atoms with E-state index in [2.05, 4.69) is 5.32 Å². The minimum Gasteiger partial charge on any atom is -0.392 e. The molecule has 0 radical (unpaired) electrons. The number of aliphatic hydroxyl groups excluding tert-OH is 1. The molecule has 1 aliphatic heterocycles. The van der Waals surface area contributed by atoms with Gasteiger partial charge in [-0.05, 0) is 31.9 Å². The summed E-state index contributed by atoms with van der Waals surface area (Å²) in [7, 11) is 0. The Morgan fingerprint density at radius 2 is 2.14 bits per heavy atom. The number of nitro groups is 1. The second-order valence-electron chi connectivity index (χ2n) is 5.21. The Labute approximate surface area is 122 Å². The molecule has 1 aromatic rings. The van der Waals surface area contributed by atoms with Crippen molar-refractivity contribution in [2.45, 2.75) is 25.9 Å². The monoisotopic (exact) mass is 293 g/mol. The van der Waals surface area contributed by atoms with Crippen LogP contribution in [0.5, 0.6) is 0 Å². The van der Waals surface area contributed by atoms with Crippen LogP contribution in [0.2, 0.25) is 0 Å². The third kappa shape index (κ3) is 3.69. The van der Waals surface area contributed by atoms with Gasteiger partial charge in [-0.2, -0.15) is 0 Å². The van der Waals surface area contributed by atoms with Crippen LogP contribution >= 0.6 is 0 Å². The van der Waals surface area contributed by atoms with E-state index >= 15 is 0 Å². The second-order valence-corrected chi connectivity index (χ2v) is 5.21. The van der Waals surface area contributed by atoms with Gasteiger partial charge in [0.15, 0.2) is 0 Å². The number of aliphatic hydroxyl groups is 1. The maximum Gasteiger partial charge on any atom is 0.293 e. The smallest absolute Gasteiger partial charge is 0.293 e. The predicted octanol–water partition coefficient (Wildman–Crippen LogP) is 1.31. The van der Waals surface area contributed by atoms with Crippen molar-refractivity contribution in [3.8, 4) is 0 Å². The number of nitrogens with zero attached hydrogens (tertiary/aromatic N) is 2. The zero-order chi connectivity index (χ0) is 15.4. The first-order valence-electron chi connectivity index (χ1n) is 6.98. The molecular formula is C14H19N3O4. The molecule has 2 rings (SSSR count). The fourth-order valence-electron chi connectivity index (χ4n) is 2.38. The normalized spacial score (nSPS) is 15.8. The Morgan fingerprint density at radius 3 is 2.71 bits per heavy atom.